The Morgan fingerprint density at radius 3 is 2.29 bits per heavy atom. The lowest BCUT2D eigenvalue weighted by molar-refractivity contribution is -0.0627. The topological polar surface area (TPSA) is 70.0 Å². The Labute approximate surface area is 143 Å². The zero-order valence-corrected chi connectivity index (χ0v) is 14.2. The Kier molecular flexibility index (Phi) is 4.11. The van der Waals surface area contributed by atoms with E-state index in [1.807, 2.05) is 0 Å². The van der Waals surface area contributed by atoms with Gasteiger partial charge in [0, 0.05) is 22.5 Å². The molecule has 8 heteroatoms. The van der Waals surface area contributed by atoms with Gasteiger partial charge in [-0.2, -0.15) is 4.39 Å². The van der Waals surface area contributed by atoms with Crippen molar-refractivity contribution in [3.63, 3.8) is 0 Å². The molecule has 2 aromatic rings. The quantitative estimate of drug-likeness (QED) is 0.845. The van der Waals surface area contributed by atoms with Crippen molar-refractivity contribution in [1.82, 2.24) is 0 Å². The molecular formula is C16H14ClFN2O3S. The van der Waals surface area contributed by atoms with E-state index in [-0.39, 0.29) is 17.3 Å². The van der Waals surface area contributed by atoms with Crippen LogP contribution in [0, 0.1) is 0 Å². The van der Waals surface area contributed by atoms with Crippen LogP contribution in [0.25, 0.3) is 0 Å². The van der Waals surface area contributed by atoms with Gasteiger partial charge in [-0.05, 0) is 48.5 Å². The van der Waals surface area contributed by atoms with Gasteiger partial charge < -0.3 is 10.0 Å². The summed E-state index contributed by atoms with van der Waals surface area (Å²) < 4.78 is 37.1. The molecule has 2 aromatic carbocycles. The number of hydrogen-bond acceptors (Lipinski definition) is 5. The van der Waals surface area contributed by atoms with Crippen molar-refractivity contribution in [2.24, 2.45) is 4.99 Å². The average molecular weight is 369 g/mol. The number of sulfone groups is 1. The minimum atomic E-state index is -3.32. The second-order valence-corrected chi connectivity index (χ2v) is 7.97. The fourth-order valence-corrected chi connectivity index (χ4v) is 3.20. The number of β-amino-alcohol motifs (C(OH)–C–C–N with tert-alkyl or cyclic N) is 1. The average Bonchev–Trinajstić information content (AvgIpc) is 2.83. The molecular weight excluding hydrogens is 355 g/mol. The molecule has 1 unspecified atom stereocenters. The minimum absolute atomic E-state index is 0.158. The lowest BCUT2D eigenvalue weighted by atomic mass is 10.2. The van der Waals surface area contributed by atoms with Crippen LogP contribution >= 0.6 is 11.6 Å². The highest BCUT2D eigenvalue weighted by Crippen LogP contribution is 2.29. The predicted octanol–water partition coefficient (Wildman–Crippen LogP) is 2.63. The molecule has 0 bridgehead atoms. The maximum atomic E-state index is 14.0. The molecule has 3 rings (SSSR count). The third kappa shape index (κ3) is 3.43. The van der Waals surface area contributed by atoms with Crippen molar-refractivity contribution in [2.45, 2.75) is 10.9 Å². The van der Waals surface area contributed by atoms with Crippen molar-refractivity contribution in [3.8, 4) is 0 Å². The number of benzene rings is 2. The zero-order valence-electron chi connectivity index (χ0n) is 12.6. The van der Waals surface area contributed by atoms with Gasteiger partial charge in [-0.25, -0.2) is 13.4 Å². The van der Waals surface area contributed by atoms with Crippen LogP contribution in [0.15, 0.2) is 58.4 Å². The summed E-state index contributed by atoms with van der Waals surface area (Å²) in [5.41, 5.74) is 1.10. The van der Waals surface area contributed by atoms with Crippen molar-refractivity contribution in [1.29, 1.82) is 0 Å². The van der Waals surface area contributed by atoms with E-state index in [0.717, 1.165) is 6.26 Å². The Hall–Kier alpha value is -1.96. The fourth-order valence-electron chi connectivity index (χ4n) is 2.44. The summed E-state index contributed by atoms with van der Waals surface area (Å²) in [5, 5.41) is 10.2. The summed E-state index contributed by atoms with van der Waals surface area (Å²) in [7, 11) is -3.32. The maximum Gasteiger partial charge on any atom is 0.324 e. The monoisotopic (exact) mass is 368 g/mol. The first-order valence-electron chi connectivity index (χ1n) is 7.00. The van der Waals surface area contributed by atoms with Gasteiger partial charge in [0.05, 0.1) is 4.90 Å². The summed E-state index contributed by atoms with van der Waals surface area (Å²) in [6.45, 7) is -0.386. The van der Waals surface area contributed by atoms with E-state index in [1.54, 1.807) is 36.4 Å². The van der Waals surface area contributed by atoms with E-state index in [4.69, 9.17) is 11.6 Å². The Morgan fingerprint density at radius 2 is 1.75 bits per heavy atom. The third-order valence-electron chi connectivity index (χ3n) is 3.57. The van der Waals surface area contributed by atoms with Crippen LogP contribution in [-0.4, -0.2) is 38.1 Å². The second kappa shape index (κ2) is 5.84. The minimum Gasteiger partial charge on any atom is -0.342 e. The first-order valence-corrected chi connectivity index (χ1v) is 9.27. The first-order chi connectivity index (χ1) is 11.2. The zero-order chi connectivity index (χ0) is 17.5. The molecule has 5 nitrogen and oxygen atoms in total. The van der Waals surface area contributed by atoms with Crippen LogP contribution in [0.1, 0.15) is 5.56 Å². The molecule has 0 aromatic heterocycles. The standard InChI is InChI=1S/C16H14ClFN2O3S/c1-24(22,23)14-8-6-13(7-9-14)20-10-16(18,21)19-15(20)11-2-4-12(17)5-3-11/h2-9,21H,10H2,1H3. The number of hydrogen-bond donors (Lipinski definition) is 1. The number of nitrogens with zero attached hydrogens (tertiary/aromatic N) is 2. The lowest BCUT2D eigenvalue weighted by Gasteiger charge is -2.21. The Balaban J connectivity index is 2.00. The van der Waals surface area contributed by atoms with Crippen LogP contribution < -0.4 is 4.90 Å². The summed E-state index contributed by atoms with van der Waals surface area (Å²) in [5.74, 6) is -2.48. The number of amidine groups is 1. The molecule has 1 atom stereocenters. The number of alkyl halides is 1. The Morgan fingerprint density at radius 1 is 1.17 bits per heavy atom. The molecule has 1 aliphatic heterocycles. The van der Waals surface area contributed by atoms with Gasteiger partial charge in [-0.3, -0.25) is 0 Å². The normalized spacial score (nSPS) is 21.0. The van der Waals surface area contributed by atoms with Gasteiger partial charge in [-0.15, -0.1) is 0 Å². The van der Waals surface area contributed by atoms with Crippen molar-refractivity contribution in [3.05, 3.63) is 59.1 Å². The Bertz CT molecular complexity index is 894. The molecule has 0 saturated carbocycles. The summed E-state index contributed by atoms with van der Waals surface area (Å²) >= 11 is 5.85. The molecule has 1 N–H and O–H groups in total. The van der Waals surface area contributed by atoms with Crippen LogP contribution in [0.4, 0.5) is 10.1 Å². The van der Waals surface area contributed by atoms with Crippen LogP contribution in [-0.2, 0) is 9.84 Å². The highest BCUT2D eigenvalue weighted by Gasteiger charge is 2.38. The second-order valence-electron chi connectivity index (χ2n) is 5.51. The van der Waals surface area contributed by atoms with Crippen molar-refractivity contribution in [2.75, 3.05) is 17.7 Å². The smallest absolute Gasteiger partial charge is 0.324 e. The van der Waals surface area contributed by atoms with Gasteiger partial charge in [0.2, 0.25) is 0 Å². The van der Waals surface area contributed by atoms with Gasteiger partial charge in [0.25, 0.3) is 0 Å². The number of anilines is 1. The molecule has 0 radical (unpaired) electrons. The fraction of sp³-hybridized carbons (Fsp3) is 0.188. The van der Waals surface area contributed by atoms with E-state index < -0.39 is 15.8 Å². The highest BCUT2D eigenvalue weighted by molar-refractivity contribution is 7.90. The van der Waals surface area contributed by atoms with Gasteiger partial charge in [-0.1, -0.05) is 11.6 Å². The summed E-state index contributed by atoms with van der Waals surface area (Å²) in [6, 6.07) is 12.6. The molecule has 0 saturated heterocycles. The number of rotatable bonds is 3. The van der Waals surface area contributed by atoms with Crippen LogP contribution in [0.3, 0.4) is 0 Å². The van der Waals surface area contributed by atoms with E-state index in [0.29, 0.717) is 16.3 Å². The molecule has 1 heterocycles. The van der Waals surface area contributed by atoms with Crippen molar-refractivity contribution >= 4 is 33.0 Å². The van der Waals surface area contributed by atoms with Gasteiger partial charge >= 0.3 is 5.98 Å². The van der Waals surface area contributed by atoms with E-state index >= 15 is 0 Å². The summed E-state index contributed by atoms with van der Waals surface area (Å²) in [6.07, 6.45) is 1.11. The van der Waals surface area contributed by atoms with E-state index in [2.05, 4.69) is 4.99 Å². The number of aliphatic imine (C=N–C) groups is 1. The molecule has 126 valence electrons. The molecule has 24 heavy (non-hydrogen) atoms. The predicted molar refractivity (Wildman–Crippen MR) is 90.9 cm³/mol. The largest absolute Gasteiger partial charge is 0.342 e. The van der Waals surface area contributed by atoms with Crippen LogP contribution in [0.5, 0.6) is 0 Å². The number of aliphatic hydroxyl groups is 1. The van der Waals surface area contributed by atoms with E-state index in [9.17, 15) is 17.9 Å². The molecule has 0 fully saturated rings. The summed E-state index contributed by atoms with van der Waals surface area (Å²) in [4.78, 5) is 5.36. The van der Waals surface area contributed by atoms with Gasteiger partial charge in [0.1, 0.15) is 12.4 Å². The van der Waals surface area contributed by atoms with Gasteiger partial charge in [0.15, 0.2) is 9.84 Å². The number of halogens is 2. The molecule has 0 spiro atoms. The lowest BCUT2D eigenvalue weighted by Crippen LogP contribution is -2.33. The maximum absolute atomic E-state index is 14.0. The first kappa shape index (κ1) is 16.9. The molecule has 0 aliphatic carbocycles. The highest BCUT2D eigenvalue weighted by atomic mass is 35.5. The van der Waals surface area contributed by atoms with Crippen molar-refractivity contribution < 1.29 is 17.9 Å². The van der Waals surface area contributed by atoms with Crippen LogP contribution in [0.2, 0.25) is 5.02 Å². The third-order valence-corrected chi connectivity index (χ3v) is 4.95. The molecule has 0 amide bonds. The van der Waals surface area contributed by atoms with E-state index in [1.165, 1.54) is 17.0 Å². The molecule has 1 aliphatic rings. The SMILES string of the molecule is CS(=O)(=O)c1ccc(N2CC(O)(F)N=C2c2ccc(Cl)cc2)cc1.